The summed E-state index contributed by atoms with van der Waals surface area (Å²) in [5.74, 6) is 0.510. The van der Waals surface area contributed by atoms with E-state index >= 15 is 0 Å². The van der Waals surface area contributed by atoms with Gasteiger partial charge in [0.2, 0.25) is 0 Å². The van der Waals surface area contributed by atoms with Crippen LogP contribution in [-0.4, -0.2) is 27.8 Å². The number of halogens is 2. The standard InChI is InChI=1S/C17H18BrFN2O4S/c1-11(2)25-17-15(18)8-12(9-16(17)24-3)10-20-21-26(22,23)14-6-4-13(19)5-7-14/h4-11,21H,1-3H3/b20-10+. The monoisotopic (exact) mass is 444 g/mol. The first kappa shape index (κ1) is 20.2. The molecule has 2 aromatic rings. The third kappa shape index (κ3) is 5.18. The normalized spacial score (nSPS) is 11.8. The number of benzene rings is 2. The van der Waals surface area contributed by atoms with E-state index < -0.39 is 15.8 Å². The van der Waals surface area contributed by atoms with Crippen LogP contribution in [0.25, 0.3) is 0 Å². The number of nitrogens with zero attached hydrogens (tertiary/aromatic N) is 1. The molecule has 2 rings (SSSR count). The number of ether oxygens (including phenoxy) is 2. The lowest BCUT2D eigenvalue weighted by Gasteiger charge is -2.15. The first-order chi connectivity index (χ1) is 12.2. The molecule has 0 saturated carbocycles. The third-order valence-corrected chi connectivity index (χ3v) is 4.94. The first-order valence-electron chi connectivity index (χ1n) is 7.57. The number of hydrogen-bond acceptors (Lipinski definition) is 5. The van der Waals surface area contributed by atoms with E-state index in [2.05, 4.69) is 25.9 Å². The van der Waals surface area contributed by atoms with Crippen LogP contribution < -0.4 is 14.3 Å². The highest BCUT2D eigenvalue weighted by atomic mass is 79.9. The molecule has 0 spiro atoms. The van der Waals surface area contributed by atoms with Crippen LogP contribution >= 0.6 is 15.9 Å². The zero-order valence-electron chi connectivity index (χ0n) is 14.4. The number of nitrogens with one attached hydrogen (secondary N) is 1. The molecule has 6 nitrogen and oxygen atoms in total. The highest BCUT2D eigenvalue weighted by Crippen LogP contribution is 2.36. The van der Waals surface area contributed by atoms with Crippen molar-refractivity contribution in [2.24, 2.45) is 5.10 Å². The summed E-state index contributed by atoms with van der Waals surface area (Å²) in [6.07, 6.45) is 1.29. The summed E-state index contributed by atoms with van der Waals surface area (Å²) in [5, 5.41) is 3.75. The van der Waals surface area contributed by atoms with E-state index in [0.29, 0.717) is 21.5 Å². The summed E-state index contributed by atoms with van der Waals surface area (Å²) in [4.78, 5) is 1.99. The summed E-state index contributed by atoms with van der Waals surface area (Å²) >= 11 is 3.40. The molecule has 0 amide bonds. The molecular weight excluding hydrogens is 427 g/mol. The second-order valence-electron chi connectivity index (χ2n) is 5.51. The van der Waals surface area contributed by atoms with Crippen LogP contribution in [0.2, 0.25) is 0 Å². The van der Waals surface area contributed by atoms with Crippen molar-refractivity contribution < 1.29 is 22.3 Å². The van der Waals surface area contributed by atoms with Crippen molar-refractivity contribution in [2.45, 2.75) is 24.8 Å². The maximum atomic E-state index is 12.9. The van der Waals surface area contributed by atoms with Gasteiger partial charge in [-0.2, -0.15) is 13.5 Å². The van der Waals surface area contributed by atoms with E-state index in [4.69, 9.17) is 9.47 Å². The molecule has 0 heterocycles. The fraction of sp³-hybridized carbons (Fsp3) is 0.235. The van der Waals surface area contributed by atoms with Gasteiger partial charge in [-0.25, -0.2) is 9.22 Å². The molecule has 0 radical (unpaired) electrons. The minimum Gasteiger partial charge on any atom is -0.493 e. The first-order valence-corrected chi connectivity index (χ1v) is 9.85. The SMILES string of the molecule is COc1cc(/C=N/NS(=O)(=O)c2ccc(F)cc2)cc(Br)c1OC(C)C. The van der Waals surface area contributed by atoms with Crippen LogP contribution in [0.5, 0.6) is 11.5 Å². The Balaban J connectivity index is 2.20. The number of hydrogen-bond donors (Lipinski definition) is 1. The van der Waals surface area contributed by atoms with E-state index in [1.54, 1.807) is 12.1 Å². The van der Waals surface area contributed by atoms with E-state index in [9.17, 15) is 12.8 Å². The number of rotatable bonds is 7. The van der Waals surface area contributed by atoms with E-state index in [0.717, 1.165) is 24.3 Å². The van der Waals surface area contributed by atoms with Crippen molar-refractivity contribution in [1.82, 2.24) is 4.83 Å². The van der Waals surface area contributed by atoms with E-state index in [-0.39, 0.29) is 11.0 Å². The summed E-state index contributed by atoms with van der Waals surface area (Å²) in [6.45, 7) is 3.79. The van der Waals surface area contributed by atoms with Crippen LogP contribution in [0.3, 0.4) is 0 Å². The van der Waals surface area contributed by atoms with Crippen molar-refractivity contribution in [1.29, 1.82) is 0 Å². The predicted molar refractivity (Wildman–Crippen MR) is 101 cm³/mol. The van der Waals surface area contributed by atoms with Crippen molar-refractivity contribution in [3.8, 4) is 11.5 Å². The van der Waals surface area contributed by atoms with E-state index in [1.807, 2.05) is 13.8 Å². The Morgan fingerprint density at radius 3 is 2.46 bits per heavy atom. The largest absolute Gasteiger partial charge is 0.493 e. The van der Waals surface area contributed by atoms with Crippen molar-refractivity contribution in [3.63, 3.8) is 0 Å². The van der Waals surface area contributed by atoms with Gasteiger partial charge in [0.05, 0.1) is 28.8 Å². The quantitative estimate of drug-likeness (QED) is 0.521. The summed E-state index contributed by atoms with van der Waals surface area (Å²) in [5.41, 5.74) is 0.589. The van der Waals surface area contributed by atoms with Gasteiger partial charge in [-0.3, -0.25) is 0 Å². The van der Waals surface area contributed by atoms with Crippen molar-refractivity contribution in [3.05, 3.63) is 52.3 Å². The molecule has 0 aromatic heterocycles. The number of methoxy groups -OCH3 is 1. The molecule has 0 aliphatic rings. The molecule has 0 aliphatic heterocycles. The molecule has 140 valence electrons. The summed E-state index contributed by atoms with van der Waals surface area (Å²) in [7, 11) is -2.37. The highest BCUT2D eigenvalue weighted by molar-refractivity contribution is 9.10. The fourth-order valence-corrected chi connectivity index (χ4v) is 3.35. The molecular formula is C17H18BrFN2O4S. The smallest absolute Gasteiger partial charge is 0.276 e. The lowest BCUT2D eigenvalue weighted by Crippen LogP contribution is -2.18. The Morgan fingerprint density at radius 2 is 1.88 bits per heavy atom. The van der Waals surface area contributed by atoms with Gasteiger partial charge in [-0.15, -0.1) is 0 Å². The molecule has 0 atom stereocenters. The molecule has 0 fully saturated rings. The van der Waals surface area contributed by atoms with Crippen molar-refractivity contribution >= 4 is 32.2 Å². The summed E-state index contributed by atoms with van der Waals surface area (Å²) < 4.78 is 48.7. The average molecular weight is 445 g/mol. The lowest BCUT2D eigenvalue weighted by molar-refractivity contribution is 0.228. The van der Waals surface area contributed by atoms with Gasteiger partial charge in [0.25, 0.3) is 10.0 Å². The molecule has 26 heavy (non-hydrogen) atoms. The Labute approximate surface area is 160 Å². The summed E-state index contributed by atoms with van der Waals surface area (Å²) in [6, 6.07) is 7.82. The Kier molecular flexibility index (Phi) is 6.60. The minimum absolute atomic E-state index is 0.0396. The van der Waals surface area contributed by atoms with Gasteiger partial charge >= 0.3 is 0 Å². The molecule has 0 unspecified atom stereocenters. The zero-order chi connectivity index (χ0) is 19.3. The van der Waals surface area contributed by atoms with Gasteiger partial charge in [0.15, 0.2) is 11.5 Å². The second-order valence-corrected chi connectivity index (χ2v) is 8.02. The van der Waals surface area contributed by atoms with Crippen LogP contribution in [0, 0.1) is 5.82 Å². The highest BCUT2D eigenvalue weighted by Gasteiger charge is 2.14. The Morgan fingerprint density at radius 1 is 1.23 bits per heavy atom. The molecule has 0 bridgehead atoms. The lowest BCUT2D eigenvalue weighted by atomic mass is 10.2. The fourth-order valence-electron chi connectivity index (χ4n) is 2.00. The Hall–Kier alpha value is -2.13. The van der Waals surface area contributed by atoms with Gasteiger partial charge in [-0.1, -0.05) is 0 Å². The predicted octanol–water partition coefficient (Wildman–Crippen LogP) is 3.70. The van der Waals surface area contributed by atoms with Gasteiger partial charge in [-0.05, 0) is 71.7 Å². The average Bonchev–Trinajstić information content (AvgIpc) is 2.57. The minimum atomic E-state index is -3.88. The van der Waals surface area contributed by atoms with Gasteiger partial charge in [0, 0.05) is 0 Å². The topological polar surface area (TPSA) is 77.0 Å². The molecule has 9 heteroatoms. The van der Waals surface area contributed by atoms with Crippen LogP contribution in [0.15, 0.2) is 50.9 Å². The number of sulfonamides is 1. The molecule has 0 aliphatic carbocycles. The van der Waals surface area contributed by atoms with Crippen LogP contribution in [-0.2, 0) is 10.0 Å². The van der Waals surface area contributed by atoms with Crippen LogP contribution in [0.4, 0.5) is 4.39 Å². The molecule has 0 saturated heterocycles. The van der Waals surface area contributed by atoms with Crippen molar-refractivity contribution in [2.75, 3.05) is 7.11 Å². The van der Waals surface area contributed by atoms with E-state index in [1.165, 1.54) is 13.3 Å². The zero-order valence-corrected chi connectivity index (χ0v) is 16.8. The van der Waals surface area contributed by atoms with Crippen LogP contribution in [0.1, 0.15) is 19.4 Å². The Bertz CT molecular complexity index is 900. The van der Waals surface area contributed by atoms with Gasteiger partial charge in [0.1, 0.15) is 5.82 Å². The number of hydrazone groups is 1. The maximum absolute atomic E-state index is 12.9. The second kappa shape index (κ2) is 8.50. The third-order valence-electron chi connectivity index (χ3n) is 3.12. The molecule has 1 N–H and O–H groups in total. The van der Waals surface area contributed by atoms with Gasteiger partial charge < -0.3 is 9.47 Å². The maximum Gasteiger partial charge on any atom is 0.276 e. The molecule has 2 aromatic carbocycles.